The minimum Gasteiger partial charge on any atom is -0.313 e. The van der Waals surface area contributed by atoms with Gasteiger partial charge in [-0.1, -0.05) is 41.5 Å². The molecule has 3 unspecified atom stereocenters. The Kier molecular flexibility index (Phi) is 4.64. The van der Waals surface area contributed by atoms with Crippen LogP contribution in [-0.2, 0) is 0 Å². The zero-order chi connectivity index (χ0) is 11.6. The van der Waals surface area contributed by atoms with Crippen LogP contribution in [0.5, 0.6) is 0 Å². The summed E-state index contributed by atoms with van der Waals surface area (Å²) in [4.78, 5) is 0. The summed E-state index contributed by atoms with van der Waals surface area (Å²) < 4.78 is 0. The van der Waals surface area contributed by atoms with Crippen molar-refractivity contribution in [1.82, 2.24) is 5.32 Å². The normalized spacial score (nSPS) is 33.0. The molecular weight excluding hydrogens is 182 g/mol. The first-order valence-electron chi connectivity index (χ1n) is 6.66. The molecule has 1 rings (SSSR count). The van der Waals surface area contributed by atoms with E-state index in [4.69, 9.17) is 0 Å². The van der Waals surface area contributed by atoms with Gasteiger partial charge in [0.2, 0.25) is 0 Å². The van der Waals surface area contributed by atoms with E-state index in [0.29, 0.717) is 0 Å². The summed E-state index contributed by atoms with van der Waals surface area (Å²) >= 11 is 0. The third-order valence-electron chi connectivity index (χ3n) is 4.17. The fourth-order valence-corrected chi connectivity index (χ4v) is 2.94. The summed E-state index contributed by atoms with van der Waals surface area (Å²) in [5.74, 6) is 4.15. The van der Waals surface area contributed by atoms with Crippen molar-refractivity contribution in [2.75, 3.05) is 6.54 Å². The fraction of sp³-hybridized carbons (Fsp3) is 1.00. The van der Waals surface area contributed by atoms with Crippen LogP contribution in [0.3, 0.4) is 0 Å². The summed E-state index contributed by atoms with van der Waals surface area (Å²) in [5, 5.41) is 3.78. The quantitative estimate of drug-likeness (QED) is 0.753. The average molecular weight is 211 g/mol. The molecule has 1 fully saturated rings. The molecule has 1 aliphatic heterocycles. The first-order valence-corrected chi connectivity index (χ1v) is 6.66. The van der Waals surface area contributed by atoms with E-state index in [2.05, 4.69) is 46.9 Å². The molecular formula is C14H29N. The van der Waals surface area contributed by atoms with Gasteiger partial charge in [-0.2, -0.15) is 0 Å². The Labute approximate surface area is 96.0 Å². The van der Waals surface area contributed by atoms with Gasteiger partial charge in [0.15, 0.2) is 0 Å². The molecule has 1 N–H and O–H groups in total. The van der Waals surface area contributed by atoms with Crippen LogP contribution in [0.2, 0.25) is 0 Å². The number of nitrogens with one attached hydrogen (secondary N) is 1. The Morgan fingerprint density at radius 3 is 1.87 bits per heavy atom. The zero-order valence-electron chi connectivity index (χ0n) is 11.4. The molecule has 3 atom stereocenters. The van der Waals surface area contributed by atoms with E-state index < -0.39 is 0 Å². The molecule has 1 saturated heterocycles. The second-order valence-electron chi connectivity index (χ2n) is 6.33. The summed E-state index contributed by atoms with van der Waals surface area (Å²) in [7, 11) is 0. The maximum absolute atomic E-state index is 3.78. The summed E-state index contributed by atoms with van der Waals surface area (Å²) in [6.07, 6.45) is 1.42. The summed E-state index contributed by atoms with van der Waals surface area (Å²) in [6, 6.07) is 0.736. The lowest BCUT2D eigenvalue weighted by molar-refractivity contribution is 0.117. The van der Waals surface area contributed by atoms with Crippen molar-refractivity contribution in [3.8, 4) is 0 Å². The van der Waals surface area contributed by atoms with Crippen LogP contribution in [0.4, 0.5) is 0 Å². The van der Waals surface area contributed by atoms with E-state index in [1.54, 1.807) is 0 Å². The Hall–Kier alpha value is -0.0400. The van der Waals surface area contributed by atoms with Gasteiger partial charge >= 0.3 is 0 Å². The minimum atomic E-state index is 0.736. The Bertz CT molecular complexity index is 184. The molecule has 90 valence electrons. The zero-order valence-corrected chi connectivity index (χ0v) is 11.4. The van der Waals surface area contributed by atoms with Crippen molar-refractivity contribution in [1.29, 1.82) is 0 Å². The molecule has 0 bridgehead atoms. The van der Waals surface area contributed by atoms with Crippen LogP contribution in [-0.4, -0.2) is 12.6 Å². The van der Waals surface area contributed by atoms with Crippen molar-refractivity contribution in [2.24, 2.45) is 29.6 Å². The molecule has 0 saturated carbocycles. The summed E-state index contributed by atoms with van der Waals surface area (Å²) in [5.41, 5.74) is 0. The molecule has 0 spiro atoms. The van der Waals surface area contributed by atoms with Gasteiger partial charge in [-0.05, 0) is 42.6 Å². The second kappa shape index (κ2) is 5.34. The lowest BCUT2D eigenvalue weighted by atomic mass is 9.72. The highest BCUT2D eigenvalue weighted by Gasteiger charge is 2.34. The van der Waals surface area contributed by atoms with Crippen LogP contribution < -0.4 is 5.32 Å². The van der Waals surface area contributed by atoms with Crippen molar-refractivity contribution in [3.05, 3.63) is 0 Å². The van der Waals surface area contributed by atoms with Crippen LogP contribution >= 0.6 is 0 Å². The van der Waals surface area contributed by atoms with Gasteiger partial charge in [-0.25, -0.2) is 0 Å². The maximum atomic E-state index is 3.78. The monoisotopic (exact) mass is 211 g/mol. The molecule has 15 heavy (non-hydrogen) atoms. The van der Waals surface area contributed by atoms with E-state index in [1.807, 2.05) is 0 Å². The van der Waals surface area contributed by atoms with Crippen molar-refractivity contribution >= 4 is 0 Å². The van der Waals surface area contributed by atoms with E-state index in [-0.39, 0.29) is 0 Å². The molecule has 1 aliphatic rings. The third kappa shape index (κ3) is 3.21. The largest absolute Gasteiger partial charge is 0.313 e. The van der Waals surface area contributed by atoms with Crippen molar-refractivity contribution in [3.63, 3.8) is 0 Å². The Balaban J connectivity index is 2.65. The molecule has 0 aromatic carbocycles. The average Bonchev–Trinajstić information content (AvgIpc) is 2.16. The Morgan fingerprint density at radius 1 is 0.867 bits per heavy atom. The van der Waals surface area contributed by atoms with Gasteiger partial charge in [-0.3, -0.25) is 0 Å². The van der Waals surface area contributed by atoms with E-state index >= 15 is 0 Å². The molecule has 1 nitrogen and oxygen atoms in total. The smallest absolute Gasteiger partial charge is 0.0121 e. The standard InChI is InChI=1S/C14H29N/c1-9(2)12-7-13(10(3)4)14(11(5)6)15-8-12/h9-15H,7-8H2,1-6H3. The topological polar surface area (TPSA) is 12.0 Å². The molecule has 1 heteroatoms. The molecule has 0 amide bonds. The molecule has 0 aromatic heterocycles. The highest BCUT2D eigenvalue weighted by atomic mass is 14.9. The maximum Gasteiger partial charge on any atom is 0.0121 e. The SMILES string of the molecule is CC(C)C1CNC(C(C)C)C(C(C)C)C1. The first-order chi connectivity index (χ1) is 6.93. The van der Waals surface area contributed by atoms with Crippen LogP contribution in [0.1, 0.15) is 48.0 Å². The minimum absolute atomic E-state index is 0.736. The van der Waals surface area contributed by atoms with Crippen LogP contribution in [0, 0.1) is 29.6 Å². The van der Waals surface area contributed by atoms with Crippen LogP contribution in [0.25, 0.3) is 0 Å². The van der Waals surface area contributed by atoms with Gasteiger partial charge in [-0.15, -0.1) is 0 Å². The van der Waals surface area contributed by atoms with Gasteiger partial charge in [0.1, 0.15) is 0 Å². The predicted octanol–water partition coefficient (Wildman–Crippen LogP) is 3.55. The van der Waals surface area contributed by atoms with Gasteiger partial charge in [0, 0.05) is 6.04 Å². The van der Waals surface area contributed by atoms with E-state index in [0.717, 1.165) is 35.6 Å². The second-order valence-corrected chi connectivity index (χ2v) is 6.33. The van der Waals surface area contributed by atoms with E-state index in [9.17, 15) is 0 Å². The third-order valence-corrected chi connectivity index (χ3v) is 4.17. The van der Waals surface area contributed by atoms with Crippen molar-refractivity contribution < 1.29 is 0 Å². The van der Waals surface area contributed by atoms with Gasteiger partial charge in [0.05, 0.1) is 0 Å². The number of piperidine rings is 1. The van der Waals surface area contributed by atoms with Gasteiger partial charge in [0.25, 0.3) is 0 Å². The molecule has 0 radical (unpaired) electrons. The highest BCUT2D eigenvalue weighted by molar-refractivity contribution is 4.89. The summed E-state index contributed by atoms with van der Waals surface area (Å²) in [6.45, 7) is 15.4. The fourth-order valence-electron chi connectivity index (χ4n) is 2.94. The number of hydrogen-bond donors (Lipinski definition) is 1. The first kappa shape index (κ1) is 13.0. The molecule has 0 aromatic rings. The highest BCUT2D eigenvalue weighted by Crippen LogP contribution is 2.33. The lowest BCUT2D eigenvalue weighted by Crippen LogP contribution is -2.50. The predicted molar refractivity (Wildman–Crippen MR) is 67.9 cm³/mol. The Morgan fingerprint density at radius 2 is 1.47 bits per heavy atom. The van der Waals surface area contributed by atoms with Crippen LogP contribution in [0.15, 0.2) is 0 Å². The number of hydrogen-bond acceptors (Lipinski definition) is 1. The molecule has 0 aliphatic carbocycles. The number of rotatable bonds is 3. The lowest BCUT2D eigenvalue weighted by Gasteiger charge is -2.42. The van der Waals surface area contributed by atoms with E-state index in [1.165, 1.54) is 13.0 Å². The van der Waals surface area contributed by atoms with Crippen molar-refractivity contribution in [2.45, 2.75) is 54.0 Å². The molecule has 1 heterocycles. The van der Waals surface area contributed by atoms with Gasteiger partial charge < -0.3 is 5.32 Å².